The van der Waals surface area contributed by atoms with E-state index in [1.165, 1.54) is 53.7 Å². The van der Waals surface area contributed by atoms with Crippen LogP contribution in [-0.2, 0) is 21.4 Å². The lowest BCUT2D eigenvalue weighted by molar-refractivity contribution is -0.119. The van der Waals surface area contributed by atoms with Gasteiger partial charge in [0, 0.05) is 12.6 Å². The van der Waals surface area contributed by atoms with Crippen molar-refractivity contribution in [2.24, 2.45) is 0 Å². The van der Waals surface area contributed by atoms with Crippen molar-refractivity contribution in [1.82, 2.24) is 5.32 Å². The van der Waals surface area contributed by atoms with E-state index in [0.29, 0.717) is 34.2 Å². The second kappa shape index (κ2) is 12.4. The predicted molar refractivity (Wildman–Crippen MR) is 143 cm³/mol. The predicted octanol–water partition coefficient (Wildman–Crippen LogP) is 3.55. The van der Waals surface area contributed by atoms with Crippen LogP contribution in [0.5, 0.6) is 28.7 Å². The van der Waals surface area contributed by atoms with E-state index in [9.17, 15) is 13.2 Å². The summed E-state index contributed by atoms with van der Waals surface area (Å²) in [5.74, 6) is 1.43. The lowest BCUT2D eigenvalue weighted by Crippen LogP contribution is -2.40. The van der Waals surface area contributed by atoms with Crippen LogP contribution in [0.4, 0.5) is 5.69 Å². The summed E-state index contributed by atoms with van der Waals surface area (Å²) in [4.78, 5) is 13.0. The molecule has 0 saturated carbocycles. The maximum absolute atomic E-state index is 13.7. The first-order chi connectivity index (χ1) is 18.2. The van der Waals surface area contributed by atoms with Crippen molar-refractivity contribution in [3.63, 3.8) is 0 Å². The number of hydrogen-bond acceptors (Lipinski definition) is 8. The van der Waals surface area contributed by atoms with Gasteiger partial charge in [-0.1, -0.05) is 17.7 Å². The number of anilines is 1. The van der Waals surface area contributed by atoms with Crippen LogP contribution < -0.4 is 33.3 Å². The van der Waals surface area contributed by atoms with Crippen molar-refractivity contribution >= 4 is 21.6 Å². The Labute approximate surface area is 223 Å². The van der Waals surface area contributed by atoms with Crippen LogP contribution in [0.25, 0.3) is 0 Å². The summed E-state index contributed by atoms with van der Waals surface area (Å²) in [5, 5.41) is 2.77. The van der Waals surface area contributed by atoms with Crippen LogP contribution in [0.15, 0.2) is 59.5 Å². The zero-order chi connectivity index (χ0) is 27.9. The SMILES string of the molecule is COc1ccc(S(=O)(=O)N(CC(=O)NCc2cc(OC)c(OC)c(OC)c2)c2ccc(C)cc2)cc1OC. The van der Waals surface area contributed by atoms with Gasteiger partial charge in [0.15, 0.2) is 23.0 Å². The van der Waals surface area contributed by atoms with Crippen molar-refractivity contribution in [2.45, 2.75) is 18.4 Å². The van der Waals surface area contributed by atoms with Gasteiger partial charge in [-0.15, -0.1) is 0 Å². The second-order valence-electron chi connectivity index (χ2n) is 8.17. The van der Waals surface area contributed by atoms with Crippen molar-refractivity contribution in [3.05, 3.63) is 65.7 Å². The highest BCUT2D eigenvalue weighted by molar-refractivity contribution is 7.92. The molecular weight excluding hydrogens is 512 g/mol. The molecule has 0 aliphatic carbocycles. The van der Waals surface area contributed by atoms with Gasteiger partial charge in [-0.2, -0.15) is 0 Å². The number of sulfonamides is 1. The summed E-state index contributed by atoms with van der Waals surface area (Å²) in [7, 11) is 3.22. The quantitative estimate of drug-likeness (QED) is 0.368. The molecule has 0 aromatic heterocycles. The Hall–Kier alpha value is -4.12. The van der Waals surface area contributed by atoms with Gasteiger partial charge in [0.25, 0.3) is 10.0 Å². The van der Waals surface area contributed by atoms with Crippen LogP contribution in [0, 0.1) is 6.92 Å². The number of rotatable bonds is 12. The second-order valence-corrected chi connectivity index (χ2v) is 10.0. The molecule has 0 spiro atoms. The normalized spacial score (nSPS) is 10.9. The highest BCUT2D eigenvalue weighted by atomic mass is 32.2. The third-order valence-corrected chi connectivity index (χ3v) is 7.54. The zero-order valence-electron chi connectivity index (χ0n) is 22.2. The molecular formula is C27H32N2O8S. The minimum atomic E-state index is -4.15. The molecule has 0 aliphatic rings. The molecule has 10 nitrogen and oxygen atoms in total. The van der Waals surface area contributed by atoms with Crippen LogP contribution in [0.1, 0.15) is 11.1 Å². The first-order valence-electron chi connectivity index (χ1n) is 11.6. The molecule has 3 aromatic carbocycles. The van der Waals surface area contributed by atoms with Gasteiger partial charge in [0.1, 0.15) is 6.54 Å². The van der Waals surface area contributed by atoms with E-state index in [4.69, 9.17) is 23.7 Å². The fourth-order valence-electron chi connectivity index (χ4n) is 3.75. The van der Waals surface area contributed by atoms with Crippen LogP contribution in [0.3, 0.4) is 0 Å². The van der Waals surface area contributed by atoms with Gasteiger partial charge in [-0.25, -0.2) is 8.42 Å². The standard InChI is InChI=1S/C27H32N2O8S/c1-18-7-9-20(10-8-18)29(38(31,32)21-11-12-22(33-2)23(15-21)34-3)17-26(30)28-16-19-13-24(35-4)27(37-6)25(14-19)36-5/h7-15H,16-17H2,1-6H3,(H,28,30). The van der Waals surface area contributed by atoms with E-state index in [-0.39, 0.29) is 17.2 Å². The van der Waals surface area contributed by atoms with Gasteiger partial charge in [-0.3, -0.25) is 9.10 Å². The topological polar surface area (TPSA) is 113 Å². The summed E-state index contributed by atoms with van der Waals surface area (Å²) >= 11 is 0. The van der Waals surface area contributed by atoms with Gasteiger partial charge >= 0.3 is 0 Å². The molecule has 38 heavy (non-hydrogen) atoms. The highest BCUT2D eigenvalue weighted by Crippen LogP contribution is 2.38. The number of nitrogens with zero attached hydrogens (tertiary/aromatic N) is 1. The van der Waals surface area contributed by atoms with Crippen molar-refractivity contribution in [2.75, 3.05) is 46.4 Å². The maximum atomic E-state index is 13.7. The lowest BCUT2D eigenvalue weighted by Gasteiger charge is -2.25. The molecule has 1 N–H and O–H groups in total. The van der Waals surface area contributed by atoms with E-state index in [1.54, 1.807) is 36.4 Å². The fraction of sp³-hybridized carbons (Fsp3) is 0.296. The Morgan fingerprint density at radius 3 is 1.87 bits per heavy atom. The largest absolute Gasteiger partial charge is 0.493 e. The van der Waals surface area contributed by atoms with E-state index in [0.717, 1.165) is 9.87 Å². The Kier molecular flexibility index (Phi) is 9.30. The van der Waals surface area contributed by atoms with E-state index >= 15 is 0 Å². The molecule has 0 atom stereocenters. The molecule has 0 saturated heterocycles. The smallest absolute Gasteiger partial charge is 0.264 e. The molecule has 1 amide bonds. The lowest BCUT2D eigenvalue weighted by atomic mass is 10.1. The number of methoxy groups -OCH3 is 5. The summed E-state index contributed by atoms with van der Waals surface area (Å²) in [5.41, 5.74) is 1.97. The number of aryl methyl sites for hydroxylation is 1. The molecule has 0 radical (unpaired) electrons. The molecule has 0 unspecified atom stereocenters. The van der Waals surface area contributed by atoms with Crippen molar-refractivity contribution in [3.8, 4) is 28.7 Å². The monoisotopic (exact) mass is 544 g/mol. The average Bonchev–Trinajstić information content (AvgIpc) is 2.94. The summed E-state index contributed by atoms with van der Waals surface area (Å²) in [6, 6.07) is 14.6. The molecule has 0 fully saturated rings. The maximum Gasteiger partial charge on any atom is 0.264 e. The number of amides is 1. The Balaban J connectivity index is 1.90. The zero-order valence-corrected chi connectivity index (χ0v) is 23.0. The molecule has 204 valence electrons. The van der Waals surface area contributed by atoms with Crippen LogP contribution in [0.2, 0.25) is 0 Å². The third-order valence-electron chi connectivity index (χ3n) is 5.77. The fourth-order valence-corrected chi connectivity index (χ4v) is 5.19. The Bertz CT molecular complexity index is 1350. The highest BCUT2D eigenvalue weighted by Gasteiger charge is 2.28. The third kappa shape index (κ3) is 6.23. The average molecular weight is 545 g/mol. The van der Waals surface area contributed by atoms with E-state index < -0.39 is 22.5 Å². The van der Waals surface area contributed by atoms with Gasteiger partial charge < -0.3 is 29.0 Å². The van der Waals surface area contributed by atoms with Crippen molar-refractivity contribution in [1.29, 1.82) is 0 Å². The van der Waals surface area contributed by atoms with Crippen LogP contribution >= 0.6 is 0 Å². The number of ether oxygens (including phenoxy) is 5. The molecule has 0 heterocycles. The molecule has 0 aliphatic heterocycles. The van der Waals surface area contributed by atoms with Crippen molar-refractivity contribution < 1.29 is 36.9 Å². The van der Waals surface area contributed by atoms with E-state index in [2.05, 4.69) is 5.32 Å². The minimum Gasteiger partial charge on any atom is -0.493 e. The molecule has 0 bridgehead atoms. The Morgan fingerprint density at radius 2 is 1.34 bits per heavy atom. The number of carbonyl (C=O) groups is 1. The summed E-state index contributed by atoms with van der Waals surface area (Å²) in [6.45, 7) is 1.54. The summed E-state index contributed by atoms with van der Waals surface area (Å²) < 4.78 is 55.1. The van der Waals surface area contributed by atoms with Gasteiger partial charge in [-0.05, 0) is 48.9 Å². The van der Waals surface area contributed by atoms with Crippen LogP contribution in [-0.4, -0.2) is 56.4 Å². The number of carbonyl (C=O) groups excluding carboxylic acids is 1. The summed E-state index contributed by atoms with van der Waals surface area (Å²) in [6.07, 6.45) is 0. The first kappa shape index (κ1) is 28.5. The molecule has 11 heteroatoms. The minimum absolute atomic E-state index is 0.0480. The first-order valence-corrected chi connectivity index (χ1v) is 13.0. The van der Waals surface area contributed by atoms with Gasteiger partial charge in [0.05, 0.1) is 46.1 Å². The number of nitrogens with one attached hydrogen (secondary N) is 1. The number of hydrogen-bond donors (Lipinski definition) is 1. The Morgan fingerprint density at radius 1 is 0.763 bits per heavy atom. The van der Waals surface area contributed by atoms with Gasteiger partial charge in [0.2, 0.25) is 11.7 Å². The molecule has 3 rings (SSSR count). The van der Waals surface area contributed by atoms with E-state index in [1.807, 2.05) is 6.92 Å². The number of benzene rings is 3. The molecule has 3 aromatic rings.